The molecule has 3 heterocycles. The molecule has 0 fully saturated rings. The minimum Gasteiger partial charge on any atom is -0.452 e. The Morgan fingerprint density at radius 1 is 1.45 bits per heavy atom. The summed E-state index contributed by atoms with van der Waals surface area (Å²) in [5.74, 6) is 0.378. The number of rotatable bonds is 5. The van der Waals surface area contributed by atoms with Crippen LogP contribution >= 0.6 is 0 Å². The molecule has 0 radical (unpaired) electrons. The lowest BCUT2D eigenvalue weighted by Gasteiger charge is -2.00. The van der Waals surface area contributed by atoms with E-state index in [0.29, 0.717) is 22.7 Å². The van der Waals surface area contributed by atoms with Gasteiger partial charge < -0.3 is 9.26 Å². The fourth-order valence-corrected chi connectivity index (χ4v) is 2.11. The summed E-state index contributed by atoms with van der Waals surface area (Å²) < 4.78 is 11.8. The molecule has 3 aromatic heterocycles. The van der Waals surface area contributed by atoms with Gasteiger partial charge in [0.05, 0.1) is 5.69 Å². The van der Waals surface area contributed by atoms with E-state index in [9.17, 15) is 4.79 Å². The molecule has 0 spiro atoms. The van der Waals surface area contributed by atoms with Gasteiger partial charge in [0.15, 0.2) is 18.1 Å². The monoisotopic (exact) mass is 301 g/mol. The molecule has 0 aliphatic rings. The van der Waals surface area contributed by atoms with Gasteiger partial charge in [-0.2, -0.15) is 10.1 Å². The van der Waals surface area contributed by atoms with Crippen molar-refractivity contribution in [3.05, 3.63) is 41.4 Å². The molecule has 22 heavy (non-hydrogen) atoms. The van der Waals surface area contributed by atoms with Crippen LogP contribution in [-0.2, 0) is 17.8 Å². The van der Waals surface area contributed by atoms with Gasteiger partial charge in [-0.25, -0.2) is 14.3 Å². The zero-order chi connectivity index (χ0) is 15.5. The van der Waals surface area contributed by atoms with E-state index in [1.165, 1.54) is 4.52 Å². The van der Waals surface area contributed by atoms with Crippen LogP contribution in [-0.4, -0.2) is 30.7 Å². The number of nitrogens with zero attached hydrogens (tertiary/aromatic N) is 5. The van der Waals surface area contributed by atoms with Crippen molar-refractivity contribution in [1.82, 2.24) is 24.7 Å². The second-order valence-corrected chi connectivity index (χ2v) is 4.78. The topological polar surface area (TPSA) is 95.4 Å². The Morgan fingerprint density at radius 3 is 3.14 bits per heavy atom. The molecule has 0 bridgehead atoms. The van der Waals surface area contributed by atoms with Crippen LogP contribution in [0.4, 0.5) is 0 Å². The van der Waals surface area contributed by atoms with E-state index < -0.39 is 5.97 Å². The summed E-state index contributed by atoms with van der Waals surface area (Å²) in [6.45, 7) is 3.69. The quantitative estimate of drug-likeness (QED) is 0.662. The average Bonchev–Trinajstić information content (AvgIpc) is 3.08. The minimum absolute atomic E-state index is 0.0703. The molecule has 0 unspecified atom stereocenters. The third-order valence-electron chi connectivity index (χ3n) is 3.08. The number of aromatic nitrogens is 5. The highest BCUT2D eigenvalue weighted by Crippen LogP contribution is 2.15. The molecule has 3 aromatic rings. The highest BCUT2D eigenvalue weighted by atomic mass is 16.6. The van der Waals surface area contributed by atoms with Gasteiger partial charge in [-0.15, -0.1) is 0 Å². The van der Waals surface area contributed by atoms with Gasteiger partial charge in [0, 0.05) is 18.8 Å². The third-order valence-corrected chi connectivity index (χ3v) is 3.08. The second-order valence-electron chi connectivity index (χ2n) is 4.78. The molecule has 114 valence electrons. The highest BCUT2D eigenvalue weighted by Gasteiger charge is 2.20. The predicted molar refractivity (Wildman–Crippen MR) is 75.1 cm³/mol. The van der Waals surface area contributed by atoms with Crippen molar-refractivity contribution in [2.75, 3.05) is 0 Å². The smallest absolute Gasteiger partial charge is 0.344 e. The van der Waals surface area contributed by atoms with Crippen molar-refractivity contribution in [3.8, 4) is 0 Å². The SMILES string of the molecule is CCCc1noc(COC(=O)c2c(C)nn3cccnc23)n1. The van der Waals surface area contributed by atoms with Gasteiger partial charge in [0.1, 0.15) is 5.56 Å². The fraction of sp³-hybridized carbons (Fsp3) is 0.357. The van der Waals surface area contributed by atoms with E-state index in [0.717, 1.165) is 12.8 Å². The van der Waals surface area contributed by atoms with Crippen molar-refractivity contribution in [2.24, 2.45) is 0 Å². The summed E-state index contributed by atoms with van der Waals surface area (Å²) in [7, 11) is 0. The zero-order valence-electron chi connectivity index (χ0n) is 12.3. The molecule has 3 rings (SSSR count). The first kappa shape index (κ1) is 14.2. The Labute approximate surface area is 126 Å². The van der Waals surface area contributed by atoms with Gasteiger partial charge >= 0.3 is 5.97 Å². The molecule has 0 amide bonds. The first-order chi connectivity index (χ1) is 10.7. The van der Waals surface area contributed by atoms with Crippen LogP contribution in [0.5, 0.6) is 0 Å². The average molecular weight is 301 g/mol. The lowest BCUT2D eigenvalue weighted by atomic mass is 10.2. The fourth-order valence-electron chi connectivity index (χ4n) is 2.11. The van der Waals surface area contributed by atoms with Crippen LogP contribution in [0.25, 0.3) is 5.65 Å². The molecule has 0 saturated carbocycles. The van der Waals surface area contributed by atoms with Crippen molar-refractivity contribution < 1.29 is 14.1 Å². The van der Waals surface area contributed by atoms with Gasteiger partial charge in [-0.1, -0.05) is 12.1 Å². The van der Waals surface area contributed by atoms with E-state index in [2.05, 4.69) is 20.2 Å². The molecule has 8 nitrogen and oxygen atoms in total. The van der Waals surface area contributed by atoms with Crippen LogP contribution in [0.1, 0.15) is 41.1 Å². The molecular weight excluding hydrogens is 286 g/mol. The highest BCUT2D eigenvalue weighted by molar-refractivity contribution is 5.97. The van der Waals surface area contributed by atoms with E-state index in [1.807, 2.05) is 6.92 Å². The lowest BCUT2D eigenvalue weighted by Crippen LogP contribution is -2.07. The number of aryl methyl sites for hydroxylation is 2. The number of esters is 1. The standard InChI is InChI=1S/C14H15N5O3/c1-3-5-10-16-11(22-18-10)8-21-14(20)12-9(2)17-19-7-4-6-15-13(12)19/h4,6-7H,3,5,8H2,1-2H3. The zero-order valence-corrected chi connectivity index (χ0v) is 12.3. The summed E-state index contributed by atoms with van der Waals surface area (Å²) in [6.07, 6.45) is 4.98. The molecule has 8 heteroatoms. The van der Waals surface area contributed by atoms with Crippen LogP contribution in [0.2, 0.25) is 0 Å². The van der Waals surface area contributed by atoms with Gasteiger partial charge in [0.2, 0.25) is 0 Å². The predicted octanol–water partition coefficient (Wildman–Crippen LogP) is 1.73. The Bertz CT molecular complexity index is 808. The van der Waals surface area contributed by atoms with E-state index in [4.69, 9.17) is 9.26 Å². The number of carbonyl (C=O) groups excluding carboxylic acids is 1. The van der Waals surface area contributed by atoms with Crippen LogP contribution in [0, 0.1) is 6.92 Å². The van der Waals surface area contributed by atoms with E-state index in [-0.39, 0.29) is 12.5 Å². The first-order valence-electron chi connectivity index (χ1n) is 6.97. The lowest BCUT2D eigenvalue weighted by molar-refractivity contribution is 0.0431. The number of ether oxygens (including phenoxy) is 1. The van der Waals surface area contributed by atoms with Crippen molar-refractivity contribution in [2.45, 2.75) is 33.3 Å². The molecule has 0 saturated heterocycles. The number of hydrogen-bond acceptors (Lipinski definition) is 7. The maximum Gasteiger partial charge on any atom is 0.344 e. The largest absolute Gasteiger partial charge is 0.452 e. The summed E-state index contributed by atoms with van der Waals surface area (Å²) >= 11 is 0. The van der Waals surface area contributed by atoms with Crippen LogP contribution in [0.15, 0.2) is 23.0 Å². The van der Waals surface area contributed by atoms with Crippen molar-refractivity contribution in [3.63, 3.8) is 0 Å². The number of carbonyl (C=O) groups is 1. The molecule has 0 aliphatic heterocycles. The first-order valence-corrected chi connectivity index (χ1v) is 6.97. The molecule has 0 aliphatic carbocycles. The Balaban J connectivity index is 1.74. The maximum atomic E-state index is 12.2. The Kier molecular flexibility index (Phi) is 3.82. The maximum absolute atomic E-state index is 12.2. The molecule has 0 aromatic carbocycles. The molecular formula is C14H15N5O3. The molecule has 0 atom stereocenters. The Morgan fingerprint density at radius 2 is 2.32 bits per heavy atom. The van der Waals surface area contributed by atoms with Crippen LogP contribution < -0.4 is 0 Å². The molecule has 0 N–H and O–H groups in total. The number of hydrogen-bond donors (Lipinski definition) is 0. The van der Waals surface area contributed by atoms with E-state index >= 15 is 0 Å². The summed E-state index contributed by atoms with van der Waals surface area (Å²) in [5.41, 5.74) is 1.36. The number of fused-ring (bicyclic) bond motifs is 1. The summed E-state index contributed by atoms with van der Waals surface area (Å²) in [4.78, 5) is 20.5. The minimum atomic E-state index is -0.513. The van der Waals surface area contributed by atoms with Crippen molar-refractivity contribution in [1.29, 1.82) is 0 Å². The van der Waals surface area contributed by atoms with Crippen LogP contribution in [0.3, 0.4) is 0 Å². The van der Waals surface area contributed by atoms with Gasteiger partial charge in [-0.3, -0.25) is 0 Å². The summed E-state index contributed by atoms with van der Waals surface area (Å²) in [6, 6.07) is 1.74. The normalized spacial score (nSPS) is 11.0. The van der Waals surface area contributed by atoms with Gasteiger partial charge in [0.25, 0.3) is 5.89 Å². The third kappa shape index (κ3) is 2.67. The van der Waals surface area contributed by atoms with Crippen molar-refractivity contribution >= 4 is 11.6 Å². The summed E-state index contributed by atoms with van der Waals surface area (Å²) in [5, 5.41) is 8.03. The second kappa shape index (κ2) is 5.92. The Hall–Kier alpha value is -2.77. The van der Waals surface area contributed by atoms with E-state index in [1.54, 1.807) is 25.4 Å². The van der Waals surface area contributed by atoms with Gasteiger partial charge in [-0.05, 0) is 19.4 Å².